The highest BCUT2D eigenvalue weighted by molar-refractivity contribution is 5.38. The fourth-order valence-corrected chi connectivity index (χ4v) is 2.30. The molecule has 0 atom stereocenters. The summed E-state index contributed by atoms with van der Waals surface area (Å²) in [5.41, 5.74) is 0. The lowest BCUT2D eigenvalue weighted by Crippen LogP contribution is -2.47. The molecule has 1 saturated heterocycles. The number of rotatable bonds is 5. The van der Waals surface area contributed by atoms with Crippen LogP contribution in [-0.2, 0) is 0 Å². The molecule has 1 aromatic rings. The van der Waals surface area contributed by atoms with Crippen LogP contribution in [0.3, 0.4) is 0 Å². The summed E-state index contributed by atoms with van der Waals surface area (Å²) in [7, 11) is 0. The molecule has 0 unspecified atom stereocenters. The van der Waals surface area contributed by atoms with Gasteiger partial charge in [-0.05, 0) is 26.2 Å². The van der Waals surface area contributed by atoms with E-state index in [2.05, 4.69) is 25.0 Å². The van der Waals surface area contributed by atoms with Crippen molar-refractivity contribution in [2.24, 2.45) is 0 Å². The molecule has 0 aromatic carbocycles. The van der Waals surface area contributed by atoms with Crippen molar-refractivity contribution in [3.05, 3.63) is 0 Å². The van der Waals surface area contributed by atoms with Crippen LogP contribution in [0, 0.1) is 0 Å². The van der Waals surface area contributed by atoms with Crippen LogP contribution in [0.5, 0.6) is 6.01 Å². The maximum atomic E-state index is 12.7. The summed E-state index contributed by atoms with van der Waals surface area (Å²) in [6, 6.07) is -1.02. The van der Waals surface area contributed by atoms with Gasteiger partial charge in [0.25, 0.3) is 6.10 Å². The van der Waals surface area contributed by atoms with Crippen LogP contribution in [0.25, 0.3) is 0 Å². The Labute approximate surface area is 139 Å². The van der Waals surface area contributed by atoms with Gasteiger partial charge in [0.05, 0.1) is 0 Å². The highest BCUT2D eigenvalue weighted by atomic mass is 19.4. The molecule has 142 valence electrons. The molecule has 0 radical (unpaired) electrons. The second-order valence-corrected chi connectivity index (χ2v) is 5.40. The Morgan fingerprint density at radius 3 is 2.12 bits per heavy atom. The zero-order valence-electron chi connectivity index (χ0n) is 13.3. The molecule has 1 aromatic heterocycles. The smallest absolute Gasteiger partial charge is 0.434 e. The van der Waals surface area contributed by atoms with E-state index < -0.39 is 24.5 Å². The van der Waals surface area contributed by atoms with Gasteiger partial charge in [0.1, 0.15) is 0 Å². The Morgan fingerprint density at radius 1 is 1.00 bits per heavy atom. The number of nitrogens with zero attached hydrogens (tertiary/aromatic N) is 4. The molecule has 2 heterocycles. The van der Waals surface area contributed by atoms with Crippen LogP contribution in [0.4, 0.5) is 38.2 Å². The number of ether oxygens (including phenoxy) is 1. The average Bonchev–Trinajstić information content (AvgIpc) is 2.51. The van der Waals surface area contributed by atoms with E-state index in [-0.39, 0.29) is 11.9 Å². The van der Waals surface area contributed by atoms with Gasteiger partial charge in [0.15, 0.2) is 0 Å². The van der Waals surface area contributed by atoms with Gasteiger partial charge in [0.2, 0.25) is 11.9 Å². The Kier molecular flexibility index (Phi) is 5.78. The fraction of sp³-hybridized carbons (Fsp3) is 0.769. The number of anilines is 2. The van der Waals surface area contributed by atoms with Crippen LogP contribution in [0.1, 0.15) is 26.2 Å². The summed E-state index contributed by atoms with van der Waals surface area (Å²) in [5.74, 6) is -0.153. The first kappa shape index (κ1) is 19.3. The minimum absolute atomic E-state index is 0.0104. The maximum absolute atomic E-state index is 12.7. The van der Waals surface area contributed by atoms with Crippen molar-refractivity contribution in [1.82, 2.24) is 15.0 Å². The van der Waals surface area contributed by atoms with Crippen molar-refractivity contribution in [1.29, 1.82) is 0 Å². The Hall–Kier alpha value is -2.01. The van der Waals surface area contributed by atoms with Crippen LogP contribution in [-0.4, -0.2) is 53.0 Å². The van der Waals surface area contributed by atoms with Crippen LogP contribution in [0.2, 0.25) is 0 Å². The lowest BCUT2D eigenvalue weighted by atomic mass is 10.1. The van der Waals surface area contributed by atoms with E-state index in [4.69, 9.17) is 0 Å². The quantitative estimate of drug-likeness (QED) is 0.800. The van der Waals surface area contributed by atoms with Crippen molar-refractivity contribution in [2.75, 3.05) is 29.9 Å². The molecule has 0 aliphatic carbocycles. The summed E-state index contributed by atoms with van der Waals surface area (Å²) in [5, 5.41) is 2.65. The van der Waals surface area contributed by atoms with E-state index in [0.717, 1.165) is 19.3 Å². The van der Waals surface area contributed by atoms with E-state index in [1.165, 1.54) is 0 Å². The normalized spacial score (nSPS) is 16.2. The van der Waals surface area contributed by atoms with Crippen LogP contribution < -0.4 is 15.0 Å². The first-order chi connectivity index (χ1) is 11.6. The molecule has 1 aliphatic rings. The third-order valence-electron chi connectivity index (χ3n) is 3.39. The second kappa shape index (κ2) is 7.48. The molecule has 0 amide bonds. The lowest BCUT2D eigenvalue weighted by Gasteiger charge is -2.27. The first-order valence-electron chi connectivity index (χ1n) is 7.66. The topological polar surface area (TPSA) is 63.2 Å². The van der Waals surface area contributed by atoms with Gasteiger partial charge in [-0.2, -0.15) is 41.3 Å². The summed E-state index contributed by atoms with van der Waals surface area (Å²) in [6.45, 7) is 3.11. The molecule has 12 heteroatoms. The van der Waals surface area contributed by atoms with Crippen molar-refractivity contribution in [3.63, 3.8) is 0 Å². The van der Waals surface area contributed by atoms with E-state index in [1.807, 2.05) is 0 Å². The van der Waals surface area contributed by atoms with Gasteiger partial charge >= 0.3 is 18.4 Å². The number of alkyl halides is 6. The first-order valence-corrected chi connectivity index (χ1v) is 7.66. The summed E-state index contributed by atoms with van der Waals surface area (Å²) in [6.07, 6.45) is -12.7. The molecule has 1 aliphatic heterocycles. The second-order valence-electron chi connectivity index (χ2n) is 5.40. The average molecular weight is 373 g/mol. The van der Waals surface area contributed by atoms with Crippen molar-refractivity contribution in [2.45, 2.75) is 44.6 Å². The highest BCUT2D eigenvalue weighted by Crippen LogP contribution is 2.36. The molecule has 0 bridgehead atoms. The SMILES string of the molecule is CCNc1nc(OC(C(F)(F)F)C(F)(F)F)nc(N2CCCCC2)n1. The molecule has 25 heavy (non-hydrogen) atoms. The third-order valence-corrected chi connectivity index (χ3v) is 3.39. The molecule has 0 saturated carbocycles. The number of halogens is 6. The van der Waals surface area contributed by atoms with Gasteiger partial charge in [-0.1, -0.05) is 0 Å². The zero-order chi connectivity index (χ0) is 18.7. The summed E-state index contributed by atoms with van der Waals surface area (Å²) >= 11 is 0. The molecule has 6 nitrogen and oxygen atoms in total. The lowest BCUT2D eigenvalue weighted by molar-refractivity contribution is -0.301. The van der Waals surface area contributed by atoms with E-state index >= 15 is 0 Å². The zero-order valence-corrected chi connectivity index (χ0v) is 13.3. The van der Waals surface area contributed by atoms with Crippen molar-refractivity contribution < 1.29 is 31.1 Å². The van der Waals surface area contributed by atoms with Gasteiger partial charge in [-0.3, -0.25) is 0 Å². The molecule has 2 rings (SSSR count). The molecule has 1 fully saturated rings. The van der Waals surface area contributed by atoms with Gasteiger partial charge in [0, 0.05) is 19.6 Å². The maximum Gasteiger partial charge on any atom is 0.434 e. The van der Waals surface area contributed by atoms with Crippen molar-refractivity contribution >= 4 is 11.9 Å². The van der Waals surface area contributed by atoms with Crippen molar-refractivity contribution in [3.8, 4) is 6.01 Å². The number of piperidine rings is 1. The van der Waals surface area contributed by atoms with E-state index in [9.17, 15) is 26.3 Å². The third kappa shape index (κ3) is 5.23. The predicted octanol–water partition coefficient (Wildman–Crippen LogP) is 3.17. The number of nitrogens with one attached hydrogen (secondary N) is 1. The van der Waals surface area contributed by atoms with E-state index in [0.29, 0.717) is 19.6 Å². The predicted molar refractivity (Wildman–Crippen MR) is 76.6 cm³/mol. The molecule has 0 spiro atoms. The number of hydrogen-bond acceptors (Lipinski definition) is 6. The number of hydrogen-bond donors (Lipinski definition) is 1. The molecule has 1 N–H and O–H groups in total. The Bertz CT molecular complexity index is 559. The standard InChI is InChI=1S/C13H17F6N5O/c1-2-20-9-21-10(24-6-4-3-5-7-24)23-11(22-9)25-8(12(14,15)16)13(17,18)19/h8H,2-7H2,1H3,(H,20,21,22,23). The molecular weight excluding hydrogens is 356 g/mol. The minimum Gasteiger partial charge on any atom is -0.440 e. The van der Waals surface area contributed by atoms with Crippen LogP contribution in [0.15, 0.2) is 0 Å². The van der Waals surface area contributed by atoms with Gasteiger partial charge in [-0.25, -0.2) is 0 Å². The summed E-state index contributed by atoms with van der Waals surface area (Å²) < 4.78 is 80.1. The highest BCUT2D eigenvalue weighted by Gasteiger charge is 2.59. The Balaban J connectivity index is 2.33. The Morgan fingerprint density at radius 2 is 1.60 bits per heavy atom. The van der Waals surface area contributed by atoms with Gasteiger partial charge in [-0.15, -0.1) is 0 Å². The van der Waals surface area contributed by atoms with E-state index in [1.54, 1.807) is 11.8 Å². The number of aromatic nitrogens is 3. The largest absolute Gasteiger partial charge is 0.440 e. The minimum atomic E-state index is -5.64. The summed E-state index contributed by atoms with van der Waals surface area (Å²) in [4.78, 5) is 12.9. The van der Waals surface area contributed by atoms with Gasteiger partial charge < -0.3 is 15.0 Å². The van der Waals surface area contributed by atoms with Crippen LogP contribution >= 0.6 is 0 Å². The monoisotopic (exact) mass is 373 g/mol. The molecular formula is C13H17F6N5O. The fourth-order valence-electron chi connectivity index (χ4n) is 2.30.